The lowest BCUT2D eigenvalue weighted by Gasteiger charge is -2.40. The Morgan fingerprint density at radius 3 is 2.12 bits per heavy atom. The van der Waals surface area contributed by atoms with Crippen LogP contribution in [0, 0.1) is 11.3 Å². The molecule has 1 aromatic carbocycles. The van der Waals surface area contributed by atoms with E-state index >= 15 is 0 Å². The second kappa shape index (κ2) is 8.75. The zero-order chi connectivity index (χ0) is 18.4. The smallest absolute Gasteiger partial charge is 0.212 e. The molecular weight excluding hydrogens is 324 g/mol. The van der Waals surface area contributed by atoms with Crippen LogP contribution in [-0.4, -0.2) is 17.3 Å². The summed E-state index contributed by atoms with van der Waals surface area (Å²) in [5.41, 5.74) is -0.549. The number of carbonyl (C=O) groups is 3. The van der Waals surface area contributed by atoms with Crippen molar-refractivity contribution < 1.29 is 14.4 Å². The van der Waals surface area contributed by atoms with Crippen LogP contribution in [0.15, 0.2) is 30.3 Å². The number of Topliss-reactive ketones (excluding diaryl/α,β-unsaturated/α-hetero) is 3. The van der Waals surface area contributed by atoms with Gasteiger partial charge in [0.1, 0.15) is 5.41 Å². The lowest BCUT2D eigenvalue weighted by molar-refractivity contribution is -0.144. The van der Waals surface area contributed by atoms with Crippen LogP contribution < -0.4 is 0 Å². The van der Waals surface area contributed by atoms with Gasteiger partial charge < -0.3 is 0 Å². The fourth-order valence-corrected chi connectivity index (χ4v) is 4.93. The van der Waals surface area contributed by atoms with Gasteiger partial charge in [-0.2, -0.15) is 0 Å². The SMILES string of the molecule is O=C1CCCCCC(C(=O)c2ccccc2)(C2CCCCCCC2)C1=O. The highest BCUT2D eigenvalue weighted by atomic mass is 16.2. The fraction of sp³-hybridized carbons (Fsp3) is 0.609. The quantitative estimate of drug-likeness (QED) is 0.419. The molecule has 1 aromatic rings. The molecule has 140 valence electrons. The minimum atomic E-state index is -1.13. The van der Waals surface area contributed by atoms with Gasteiger partial charge in [0.05, 0.1) is 0 Å². The van der Waals surface area contributed by atoms with Crippen molar-refractivity contribution in [2.45, 2.75) is 77.0 Å². The predicted molar refractivity (Wildman–Crippen MR) is 102 cm³/mol. The highest BCUT2D eigenvalue weighted by molar-refractivity contribution is 6.44. The van der Waals surface area contributed by atoms with E-state index in [1.165, 1.54) is 6.42 Å². The molecule has 0 bridgehead atoms. The average molecular weight is 354 g/mol. The first-order valence-corrected chi connectivity index (χ1v) is 10.3. The van der Waals surface area contributed by atoms with Gasteiger partial charge in [-0.05, 0) is 31.6 Å². The van der Waals surface area contributed by atoms with E-state index in [0.29, 0.717) is 18.4 Å². The van der Waals surface area contributed by atoms with Gasteiger partial charge in [-0.1, -0.05) is 75.3 Å². The van der Waals surface area contributed by atoms with Crippen LogP contribution in [0.5, 0.6) is 0 Å². The van der Waals surface area contributed by atoms with Gasteiger partial charge in [0.25, 0.3) is 0 Å². The van der Waals surface area contributed by atoms with E-state index in [0.717, 1.165) is 57.8 Å². The van der Waals surface area contributed by atoms with E-state index in [-0.39, 0.29) is 17.5 Å². The van der Waals surface area contributed by atoms with Gasteiger partial charge in [-0.15, -0.1) is 0 Å². The number of rotatable bonds is 3. The monoisotopic (exact) mass is 354 g/mol. The Kier molecular flexibility index (Phi) is 6.39. The van der Waals surface area contributed by atoms with Crippen molar-refractivity contribution in [3.8, 4) is 0 Å². The molecule has 0 aromatic heterocycles. The first-order valence-electron chi connectivity index (χ1n) is 10.3. The fourth-order valence-electron chi connectivity index (χ4n) is 4.93. The van der Waals surface area contributed by atoms with Gasteiger partial charge in [-0.3, -0.25) is 14.4 Å². The highest BCUT2D eigenvalue weighted by Crippen LogP contribution is 2.45. The molecule has 3 rings (SSSR count). The van der Waals surface area contributed by atoms with E-state index in [1.807, 2.05) is 18.2 Å². The second-order valence-corrected chi connectivity index (χ2v) is 8.02. The molecule has 0 aliphatic heterocycles. The third-order valence-corrected chi connectivity index (χ3v) is 6.38. The van der Waals surface area contributed by atoms with Crippen molar-refractivity contribution in [2.75, 3.05) is 0 Å². The maximum absolute atomic E-state index is 13.7. The van der Waals surface area contributed by atoms with Crippen LogP contribution in [0.25, 0.3) is 0 Å². The van der Waals surface area contributed by atoms with Gasteiger partial charge in [0, 0.05) is 12.0 Å². The molecule has 26 heavy (non-hydrogen) atoms. The van der Waals surface area contributed by atoms with Gasteiger partial charge in [0.15, 0.2) is 11.6 Å². The molecule has 0 saturated heterocycles. The lowest BCUT2D eigenvalue weighted by Crippen LogP contribution is -2.49. The molecule has 1 unspecified atom stereocenters. The van der Waals surface area contributed by atoms with E-state index in [2.05, 4.69) is 0 Å². The minimum absolute atomic E-state index is 0.00468. The van der Waals surface area contributed by atoms with Crippen molar-refractivity contribution in [3.05, 3.63) is 35.9 Å². The van der Waals surface area contributed by atoms with E-state index in [9.17, 15) is 14.4 Å². The van der Waals surface area contributed by atoms with Crippen LogP contribution >= 0.6 is 0 Å². The molecule has 3 heteroatoms. The number of carbonyl (C=O) groups excluding carboxylic acids is 3. The van der Waals surface area contributed by atoms with Crippen molar-refractivity contribution in [3.63, 3.8) is 0 Å². The normalized spacial score (nSPS) is 26.5. The summed E-state index contributed by atoms with van der Waals surface area (Å²) in [4.78, 5) is 39.6. The highest BCUT2D eigenvalue weighted by Gasteiger charge is 2.53. The average Bonchev–Trinajstić information content (AvgIpc) is 2.64. The molecule has 0 spiro atoms. The van der Waals surface area contributed by atoms with Crippen LogP contribution in [0.3, 0.4) is 0 Å². The summed E-state index contributed by atoms with van der Waals surface area (Å²) in [6, 6.07) is 9.15. The topological polar surface area (TPSA) is 51.2 Å². The molecule has 3 nitrogen and oxygen atoms in total. The number of hydrogen-bond donors (Lipinski definition) is 0. The summed E-state index contributed by atoms with van der Waals surface area (Å²) in [6.45, 7) is 0. The summed E-state index contributed by atoms with van der Waals surface area (Å²) < 4.78 is 0. The third-order valence-electron chi connectivity index (χ3n) is 6.38. The van der Waals surface area contributed by atoms with Gasteiger partial charge >= 0.3 is 0 Å². The Labute approximate surface area is 156 Å². The molecule has 0 heterocycles. The zero-order valence-corrected chi connectivity index (χ0v) is 15.7. The predicted octanol–water partition coefficient (Wildman–Crippen LogP) is 5.32. The maximum Gasteiger partial charge on any atom is 0.212 e. The van der Waals surface area contributed by atoms with E-state index < -0.39 is 11.2 Å². The number of ketones is 3. The van der Waals surface area contributed by atoms with Crippen LogP contribution in [0.1, 0.15) is 87.4 Å². The molecule has 1 atom stereocenters. The van der Waals surface area contributed by atoms with Crippen molar-refractivity contribution in [1.82, 2.24) is 0 Å². The summed E-state index contributed by atoms with van der Waals surface area (Å²) in [6.07, 6.45) is 10.8. The zero-order valence-electron chi connectivity index (χ0n) is 15.7. The lowest BCUT2D eigenvalue weighted by atomic mass is 9.60. The first-order chi connectivity index (χ1) is 12.7. The maximum atomic E-state index is 13.7. The van der Waals surface area contributed by atoms with Crippen molar-refractivity contribution in [1.29, 1.82) is 0 Å². The van der Waals surface area contributed by atoms with Gasteiger partial charge in [0.2, 0.25) is 5.78 Å². The molecule has 2 aliphatic rings. The summed E-state index contributed by atoms with van der Waals surface area (Å²) >= 11 is 0. The van der Waals surface area contributed by atoms with Crippen molar-refractivity contribution in [2.24, 2.45) is 11.3 Å². The second-order valence-electron chi connectivity index (χ2n) is 8.02. The Hall–Kier alpha value is -1.77. The Bertz CT molecular complexity index is 641. The molecule has 2 aliphatic carbocycles. The molecule has 2 fully saturated rings. The Morgan fingerprint density at radius 1 is 0.808 bits per heavy atom. The summed E-state index contributed by atoms with van der Waals surface area (Å²) in [5.74, 6) is -0.818. The molecular formula is C23H30O3. The largest absolute Gasteiger partial charge is 0.293 e. The van der Waals surface area contributed by atoms with Crippen molar-refractivity contribution >= 4 is 17.3 Å². The number of hydrogen-bond acceptors (Lipinski definition) is 3. The van der Waals surface area contributed by atoms with E-state index in [1.54, 1.807) is 12.1 Å². The molecule has 0 N–H and O–H groups in total. The van der Waals surface area contributed by atoms with Gasteiger partial charge in [-0.25, -0.2) is 0 Å². The molecule has 2 saturated carbocycles. The standard InChI is InChI=1S/C23H30O3/c24-20-16-10-5-11-17-23(22(20)26,19-14-8-2-1-3-9-15-19)21(25)18-12-6-4-7-13-18/h4,6-7,12-13,19H,1-3,5,8-11,14-17H2. The first kappa shape index (κ1) is 19.0. The number of benzene rings is 1. The van der Waals surface area contributed by atoms with Crippen LogP contribution in [0.2, 0.25) is 0 Å². The minimum Gasteiger partial charge on any atom is -0.293 e. The van der Waals surface area contributed by atoms with Crippen LogP contribution in [0.4, 0.5) is 0 Å². The summed E-state index contributed by atoms with van der Waals surface area (Å²) in [5, 5.41) is 0. The van der Waals surface area contributed by atoms with Crippen LogP contribution in [-0.2, 0) is 9.59 Å². The summed E-state index contributed by atoms with van der Waals surface area (Å²) in [7, 11) is 0. The third kappa shape index (κ3) is 3.82. The molecule has 0 radical (unpaired) electrons. The van der Waals surface area contributed by atoms with E-state index in [4.69, 9.17) is 0 Å². The Morgan fingerprint density at radius 2 is 1.42 bits per heavy atom. The molecule has 0 amide bonds. The Balaban J connectivity index is 2.05.